The Hall–Kier alpha value is 1.99. The summed E-state index contributed by atoms with van der Waals surface area (Å²) in [6.07, 6.45) is 0. The van der Waals surface area contributed by atoms with Gasteiger partial charge in [-0.05, 0) is 0 Å². The van der Waals surface area contributed by atoms with Crippen molar-refractivity contribution in [3.05, 3.63) is 0 Å². The molecule has 0 saturated carbocycles. The molecule has 0 rings (SSSR count). The van der Waals surface area contributed by atoms with E-state index in [4.69, 9.17) is 0 Å². The monoisotopic (exact) mass is 136 g/mol. The molecule has 0 atom stereocenters. The predicted molar refractivity (Wildman–Crippen MR) is 1.11 cm³/mol. The molecule has 4 heteroatoms. The van der Waals surface area contributed by atoms with Crippen LogP contribution in [0.2, 0.25) is 0 Å². The van der Waals surface area contributed by atoms with Crippen LogP contribution in [-0.2, 0) is 16.5 Å². The summed E-state index contributed by atoms with van der Waals surface area (Å²) in [7, 11) is 0. The molecule has 0 heterocycles. The minimum Gasteiger partial charge on any atom is -1.00 e. The van der Waals surface area contributed by atoms with Crippen molar-refractivity contribution in [3.8, 4) is 0 Å². The molecule has 0 aliphatic heterocycles. The van der Waals surface area contributed by atoms with Crippen LogP contribution in [0.1, 0.15) is 1.43 Å². The predicted octanol–water partition coefficient (Wildman–Crippen LogP) is -8.88. The Morgan fingerprint density at radius 1 is 1.00 bits per heavy atom. The van der Waals surface area contributed by atoms with Gasteiger partial charge < -0.3 is 10.8 Å². The van der Waals surface area contributed by atoms with Crippen LogP contribution < -0.4 is 60.8 Å². The number of rotatable bonds is 0. The summed E-state index contributed by atoms with van der Waals surface area (Å²) >= 11 is 0. The summed E-state index contributed by atoms with van der Waals surface area (Å²) in [6.45, 7) is 0. The Labute approximate surface area is 77.3 Å². The van der Waals surface area contributed by atoms with Gasteiger partial charge in [0, 0.05) is 0 Å². The maximum Gasteiger partial charge on any atom is 2.00 e. The van der Waals surface area contributed by atoms with Crippen LogP contribution in [0.25, 0.3) is 0 Å². The average molecular weight is 137 g/mol. The summed E-state index contributed by atoms with van der Waals surface area (Å²) in [5.41, 5.74) is 0. The summed E-state index contributed by atoms with van der Waals surface area (Å²) in [5, 5.41) is 0. The van der Waals surface area contributed by atoms with Gasteiger partial charge in [0.25, 0.3) is 0 Å². The standard InChI is InChI=1S/2FH.K.Ni.H/h2*1H;;;/q;;+1;+2;-1/p-2. The second-order valence-electron chi connectivity index (χ2n) is 0. The molecule has 4 heavy (non-hydrogen) atoms. The molecule has 0 aromatic carbocycles. The van der Waals surface area contributed by atoms with E-state index in [0.29, 0.717) is 0 Å². The van der Waals surface area contributed by atoms with Crippen molar-refractivity contribution in [2.24, 2.45) is 0 Å². The van der Waals surface area contributed by atoms with E-state index in [-0.39, 0.29) is 78.7 Å². The van der Waals surface area contributed by atoms with Crippen LogP contribution in [0, 0.1) is 0 Å². The quantitative estimate of drug-likeness (QED) is 0.291. The average Bonchev–Trinajstić information content (AvgIpc) is 0. The van der Waals surface area contributed by atoms with Gasteiger partial charge in [-0.25, -0.2) is 0 Å². The molecule has 0 fully saturated rings. The zero-order valence-corrected chi connectivity index (χ0v) is 6.18. The van der Waals surface area contributed by atoms with Gasteiger partial charge in [-0.2, -0.15) is 0 Å². The largest absolute Gasteiger partial charge is 2.00 e. The fraction of sp³-hybridized carbons (Fsp3) is 0. The molecule has 0 aromatic heterocycles. The second kappa shape index (κ2) is 20.1. The molecular weight excluding hydrogens is 136 g/mol. The Bertz CT molecular complexity index is 9.61. The molecule has 0 amide bonds. The van der Waals surface area contributed by atoms with Crippen LogP contribution in [0.15, 0.2) is 0 Å². The van der Waals surface area contributed by atoms with Gasteiger partial charge in [-0.15, -0.1) is 0 Å². The van der Waals surface area contributed by atoms with Crippen molar-refractivity contribution in [1.82, 2.24) is 0 Å². The summed E-state index contributed by atoms with van der Waals surface area (Å²) < 4.78 is 0. The van der Waals surface area contributed by atoms with Crippen LogP contribution in [-0.4, -0.2) is 0 Å². The fourth-order valence-electron chi connectivity index (χ4n) is 0. The molecule has 0 bridgehead atoms. The SMILES string of the molecule is [F-].[F-].[H-].[K+].[Ni+2]. The van der Waals surface area contributed by atoms with Crippen molar-refractivity contribution in [2.45, 2.75) is 0 Å². The molecule has 0 unspecified atom stereocenters. The molecule has 0 nitrogen and oxygen atoms in total. The smallest absolute Gasteiger partial charge is 1.00 e. The van der Waals surface area contributed by atoms with E-state index in [1.165, 1.54) is 0 Å². The maximum atomic E-state index is 0. The van der Waals surface area contributed by atoms with Crippen molar-refractivity contribution in [3.63, 3.8) is 0 Å². The molecular formula is HF2KNi. The summed E-state index contributed by atoms with van der Waals surface area (Å²) in [4.78, 5) is 0. The fourth-order valence-corrected chi connectivity index (χ4v) is 0. The minimum absolute atomic E-state index is 0. The molecule has 0 radical (unpaired) electrons. The maximum absolute atomic E-state index is 0. The molecule has 0 aliphatic rings. The minimum atomic E-state index is 0. The van der Waals surface area contributed by atoms with Gasteiger partial charge in [-0.1, -0.05) is 0 Å². The van der Waals surface area contributed by atoms with E-state index in [9.17, 15) is 0 Å². The van der Waals surface area contributed by atoms with Crippen LogP contribution in [0.5, 0.6) is 0 Å². The molecule has 0 spiro atoms. The van der Waals surface area contributed by atoms with Gasteiger partial charge in [0.05, 0.1) is 0 Å². The first-order valence-electron chi connectivity index (χ1n) is 0. The summed E-state index contributed by atoms with van der Waals surface area (Å²) in [6, 6.07) is 0. The Balaban J connectivity index is 0. The number of halogens is 2. The molecule has 0 aromatic rings. The third kappa shape index (κ3) is 9.01. The van der Waals surface area contributed by atoms with Crippen molar-refractivity contribution in [1.29, 1.82) is 0 Å². The first-order chi connectivity index (χ1) is 0. The third-order valence-corrected chi connectivity index (χ3v) is 0. The first kappa shape index (κ1) is 37.7. The van der Waals surface area contributed by atoms with Gasteiger partial charge >= 0.3 is 67.9 Å². The van der Waals surface area contributed by atoms with Gasteiger partial charge in [0.15, 0.2) is 0 Å². The Morgan fingerprint density at radius 3 is 1.00 bits per heavy atom. The normalized spacial score (nSPS) is 0. The Morgan fingerprint density at radius 2 is 1.00 bits per heavy atom. The third-order valence-electron chi connectivity index (χ3n) is 0. The zero-order chi connectivity index (χ0) is 0. The van der Waals surface area contributed by atoms with E-state index in [0.717, 1.165) is 0 Å². The van der Waals surface area contributed by atoms with Crippen LogP contribution >= 0.6 is 0 Å². The second-order valence-corrected chi connectivity index (χ2v) is 0. The number of hydrogen-bond donors (Lipinski definition) is 0. The molecule has 0 aliphatic carbocycles. The van der Waals surface area contributed by atoms with Crippen molar-refractivity contribution in [2.75, 3.05) is 0 Å². The van der Waals surface area contributed by atoms with E-state index < -0.39 is 0 Å². The summed E-state index contributed by atoms with van der Waals surface area (Å²) in [5.74, 6) is 0. The topological polar surface area (TPSA) is 0 Å². The van der Waals surface area contributed by atoms with Crippen molar-refractivity contribution < 1.29 is 78.7 Å². The van der Waals surface area contributed by atoms with E-state index >= 15 is 0 Å². The molecule has 26 valence electrons. The molecule has 0 N–H and O–H groups in total. The van der Waals surface area contributed by atoms with Gasteiger partial charge in [0.2, 0.25) is 0 Å². The first-order valence-corrected chi connectivity index (χ1v) is 0. The van der Waals surface area contributed by atoms with E-state index in [1.807, 2.05) is 0 Å². The van der Waals surface area contributed by atoms with E-state index in [1.54, 1.807) is 0 Å². The van der Waals surface area contributed by atoms with E-state index in [2.05, 4.69) is 0 Å². The van der Waals surface area contributed by atoms with Crippen LogP contribution in [0.3, 0.4) is 0 Å². The van der Waals surface area contributed by atoms with Gasteiger partial charge in [-0.3, -0.25) is 0 Å². The zero-order valence-electron chi connectivity index (χ0n) is 3.07. The van der Waals surface area contributed by atoms with Crippen molar-refractivity contribution >= 4 is 0 Å². The van der Waals surface area contributed by atoms with Gasteiger partial charge in [0.1, 0.15) is 0 Å². The van der Waals surface area contributed by atoms with Crippen LogP contribution in [0.4, 0.5) is 0 Å². The number of hydrogen-bond acceptors (Lipinski definition) is 0. The molecule has 0 saturated heterocycles. The Kier molecular flexibility index (Phi) is 189.